The number of fused-ring (bicyclic) bond motifs is 1. The van der Waals surface area contributed by atoms with Crippen molar-refractivity contribution in [3.63, 3.8) is 0 Å². The number of halogens is 1. The van der Waals surface area contributed by atoms with Crippen molar-refractivity contribution in [2.24, 2.45) is 0 Å². The van der Waals surface area contributed by atoms with Gasteiger partial charge in [0.15, 0.2) is 5.13 Å². The minimum Gasteiger partial charge on any atom is -0.387 e. The number of para-hydroxylation sites is 1. The lowest BCUT2D eigenvalue weighted by atomic mass is 10.0. The van der Waals surface area contributed by atoms with Crippen molar-refractivity contribution in [3.05, 3.63) is 40.7 Å². The highest BCUT2D eigenvalue weighted by atomic mass is 32.1. The molecule has 1 atom stereocenters. The molecule has 0 spiro atoms. The Kier molecular flexibility index (Phi) is 3.72. The van der Waals surface area contributed by atoms with Crippen LogP contribution in [0, 0.1) is 5.82 Å². The maximum atomic E-state index is 14.0. The molecule has 0 fully saturated rings. The predicted molar refractivity (Wildman–Crippen MR) is 79.1 cm³/mol. The van der Waals surface area contributed by atoms with Gasteiger partial charge in [0, 0.05) is 11.4 Å². The summed E-state index contributed by atoms with van der Waals surface area (Å²) in [5.41, 5.74) is 1.32. The highest BCUT2D eigenvalue weighted by Crippen LogP contribution is 2.39. The van der Waals surface area contributed by atoms with E-state index in [-0.39, 0.29) is 5.82 Å². The first kappa shape index (κ1) is 13.5. The number of anilines is 2. The standard InChI is InChI=1S/C15H17FN2OS/c1-2-18(11-7-4-3-6-10(11)16)15-17-14-12(19)8-5-9-13(14)20-15/h3-4,6-7,12,19H,2,5,8-9H2,1H3. The number of aliphatic hydroxyl groups excluding tert-OH is 1. The highest BCUT2D eigenvalue weighted by molar-refractivity contribution is 7.15. The lowest BCUT2D eigenvalue weighted by Gasteiger charge is -2.20. The number of benzene rings is 1. The Labute approximate surface area is 121 Å². The van der Waals surface area contributed by atoms with E-state index < -0.39 is 6.10 Å². The van der Waals surface area contributed by atoms with E-state index in [1.807, 2.05) is 17.9 Å². The van der Waals surface area contributed by atoms with E-state index in [0.717, 1.165) is 35.0 Å². The Morgan fingerprint density at radius 3 is 2.95 bits per heavy atom. The molecule has 20 heavy (non-hydrogen) atoms. The third-order valence-electron chi connectivity index (χ3n) is 3.60. The first-order valence-electron chi connectivity index (χ1n) is 6.90. The maximum Gasteiger partial charge on any atom is 0.190 e. The molecule has 5 heteroatoms. The van der Waals surface area contributed by atoms with Gasteiger partial charge in [-0.1, -0.05) is 12.1 Å². The number of hydrogen-bond acceptors (Lipinski definition) is 4. The second-order valence-corrected chi connectivity index (χ2v) is 5.97. The molecule has 0 aliphatic heterocycles. The third kappa shape index (κ3) is 2.31. The molecular formula is C15H17FN2OS. The van der Waals surface area contributed by atoms with Crippen LogP contribution in [-0.2, 0) is 6.42 Å². The molecule has 3 nitrogen and oxygen atoms in total. The van der Waals surface area contributed by atoms with Gasteiger partial charge in [0.1, 0.15) is 5.82 Å². The summed E-state index contributed by atoms with van der Waals surface area (Å²) in [4.78, 5) is 7.55. The van der Waals surface area contributed by atoms with Gasteiger partial charge in [-0.3, -0.25) is 0 Å². The van der Waals surface area contributed by atoms with Crippen LogP contribution in [0.15, 0.2) is 24.3 Å². The van der Waals surface area contributed by atoms with E-state index in [4.69, 9.17) is 0 Å². The van der Waals surface area contributed by atoms with Crippen LogP contribution in [0.3, 0.4) is 0 Å². The van der Waals surface area contributed by atoms with Gasteiger partial charge in [0.05, 0.1) is 17.5 Å². The molecule has 1 N–H and O–H groups in total. The molecule has 106 valence electrons. The van der Waals surface area contributed by atoms with Crippen molar-refractivity contribution in [3.8, 4) is 0 Å². The number of aryl methyl sites for hydroxylation is 1. The number of aliphatic hydroxyl groups is 1. The van der Waals surface area contributed by atoms with E-state index >= 15 is 0 Å². The average Bonchev–Trinajstić information content (AvgIpc) is 2.87. The molecule has 1 unspecified atom stereocenters. The summed E-state index contributed by atoms with van der Waals surface area (Å²) < 4.78 is 14.0. The molecule has 1 aromatic heterocycles. The van der Waals surface area contributed by atoms with Crippen LogP contribution in [0.1, 0.15) is 36.4 Å². The van der Waals surface area contributed by atoms with E-state index in [2.05, 4.69) is 4.98 Å². The number of thiazole rings is 1. The van der Waals surface area contributed by atoms with Crippen molar-refractivity contribution in [2.75, 3.05) is 11.4 Å². The first-order valence-corrected chi connectivity index (χ1v) is 7.72. The largest absolute Gasteiger partial charge is 0.387 e. The zero-order valence-corrected chi connectivity index (χ0v) is 12.2. The number of rotatable bonds is 3. The van der Waals surface area contributed by atoms with Gasteiger partial charge in [0.25, 0.3) is 0 Å². The Morgan fingerprint density at radius 2 is 2.25 bits per heavy atom. The molecule has 3 rings (SSSR count). The maximum absolute atomic E-state index is 14.0. The van der Waals surface area contributed by atoms with Crippen LogP contribution in [0.25, 0.3) is 0 Å². The molecule has 0 bridgehead atoms. The zero-order chi connectivity index (χ0) is 14.1. The minimum absolute atomic E-state index is 0.247. The van der Waals surface area contributed by atoms with Gasteiger partial charge in [-0.15, -0.1) is 11.3 Å². The first-order chi connectivity index (χ1) is 9.70. The van der Waals surface area contributed by atoms with Crippen LogP contribution < -0.4 is 4.90 Å². The number of nitrogens with zero attached hydrogens (tertiary/aromatic N) is 2. The second-order valence-electron chi connectivity index (χ2n) is 4.91. The average molecular weight is 292 g/mol. The SMILES string of the molecule is CCN(c1nc2c(s1)CCCC2O)c1ccccc1F. The van der Waals surface area contributed by atoms with E-state index in [1.165, 1.54) is 6.07 Å². The zero-order valence-electron chi connectivity index (χ0n) is 11.3. The quantitative estimate of drug-likeness (QED) is 0.934. The van der Waals surface area contributed by atoms with Crippen molar-refractivity contribution in [2.45, 2.75) is 32.3 Å². The van der Waals surface area contributed by atoms with Crippen molar-refractivity contribution < 1.29 is 9.50 Å². The lowest BCUT2D eigenvalue weighted by Crippen LogP contribution is -2.17. The third-order valence-corrected chi connectivity index (χ3v) is 4.76. The fourth-order valence-electron chi connectivity index (χ4n) is 2.58. The summed E-state index contributed by atoms with van der Waals surface area (Å²) in [6.45, 7) is 2.62. The van der Waals surface area contributed by atoms with Gasteiger partial charge >= 0.3 is 0 Å². The summed E-state index contributed by atoms with van der Waals surface area (Å²) in [5, 5.41) is 10.8. The Bertz CT molecular complexity index is 614. The molecule has 0 saturated carbocycles. The van der Waals surface area contributed by atoms with E-state index in [1.54, 1.807) is 23.5 Å². The van der Waals surface area contributed by atoms with Gasteiger partial charge < -0.3 is 10.0 Å². The van der Waals surface area contributed by atoms with Gasteiger partial charge in [-0.05, 0) is 38.3 Å². The number of hydrogen-bond donors (Lipinski definition) is 1. The summed E-state index contributed by atoms with van der Waals surface area (Å²) >= 11 is 1.56. The molecule has 0 saturated heterocycles. The lowest BCUT2D eigenvalue weighted by molar-refractivity contribution is 0.153. The highest BCUT2D eigenvalue weighted by Gasteiger charge is 2.25. The summed E-state index contributed by atoms with van der Waals surface area (Å²) in [6.07, 6.45) is 2.24. The molecule has 2 aromatic rings. The van der Waals surface area contributed by atoms with Gasteiger partial charge in [-0.25, -0.2) is 9.37 Å². The fraction of sp³-hybridized carbons (Fsp3) is 0.400. The van der Waals surface area contributed by atoms with Crippen LogP contribution in [0.5, 0.6) is 0 Å². The van der Waals surface area contributed by atoms with Gasteiger partial charge in [0.2, 0.25) is 0 Å². The normalized spacial score (nSPS) is 17.9. The Hall–Kier alpha value is -1.46. The smallest absolute Gasteiger partial charge is 0.190 e. The molecule has 0 amide bonds. The summed E-state index contributed by atoms with van der Waals surface area (Å²) in [6, 6.07) is 6.72. The predicted octanol–water partition coefficient (Wildman–Crippen LogP) is 3.81. The molecule has 0 radical (unpaired) electrons. The second kappa shape index (κ2) is 5.50. The van der Waals surface area contributed by atoms with Crippen LogP contribution in [-0.4, -0.2) is 16.6 Å². The molecule has 1 aliphatic rings. The molecular weight excluding hydrogens is 275 g/mol. The molecule has 1 aliphatic carbocycles. The summed E-state index contributed by atoms with van der Waals surface area (Å²) in [5.74, 6) is -0.247. The van der Waals surface area contributed by atoms with Crippen LogP contribution in [0.4, 0.5) is 15.2 Å². The van der Waals surface area contributed by atoms with Gasteiger partial charge in [-0.2, -0.15) is 0 Å². The number of aromatic nitrogens is 1. The Balaban J connectivity index is 2.00. The molecule has 1 aromatic carbocycles. The van der Waals surface area contributed by atoms with Crippen molar-refractivity contribution in [1.29, 1.82) is 0 Å². The molecule has 1 heterocycles. The van der Waals surface area contributed by atoms with E-state index in [9.17, 15) is 9.50 Å². The van der Waals surface area contributed by atoms with Crippen LogP contribution in [0.2, 0.25) is 0 Å². The van der Waals surface area contributed by atoms with Crippen molar-refractivity contribution in [1.82, 2.24) is 4.98 Å². The topological polar surface area (TPSA) is 36.4 Å². The van der Waals surface area contributed by atoms with E-state index in [0.29, 0.717) is 12.2 Å². The van der Waals surface area contributed by atoms with Crippen LogP contribution >= 0.6 is 11.3 Å². The fourth-order valence-corrected chi connectivity index (χ4v) is 3.81. The monoisotopic (exact) mass is 292 g/mol. The minimum atomic E-state index is -0.469. The summed E-state index contributed by atoms with van der Waals surface area (Å²) in [7, 11) is 0. The van der Waals surface area contributed by atoms with Crippen molar-refractivity contribution >= 4 is 22.2 Å². The Morgan fingerprint density at radius 1 is 1.45 bits per heavy atom.